The van der Waals surface area contributed by atoms with Crippen LogP contribution in [0.15, 0.2) is 45.9 Å². The largest absolute Gasteiger partial charge is 0.468 e. The highest BCUT2D eigenvalue weighted by molar-refractivity contribution is 7.89. The minimum atomic E-state index is -3.67. The zero-order valence-corrected chi connectivity index (χ0v) is 12.5. The lowest BCUT2D eigenvalue weighted by molar-refractivity contribution is 0.406. The number of rotatable bonds is 5. The van der Waals surface area contributed by atoms with Crippen molar-refractivity contribution >= 4 is 21.6 Å². The number of hydrogen-bond acceptors (Lipinski definition) is 4. The first kappa shape index (κ1) is 15.1. The minimum absolute atomic E-state index is 0.0606. The van der Waals surface area contributed by atoms with Crippen LogP contribution in [0.1, 0.15) is 11.3 Å². The highest BCUT2D eigenvalue weighted by Crippen LogP contribution is 2.26. The maximum absolute atomic E-state index is 12.4. The van der Waals surface area contributed by atoms with Crippen LogP contribution in [0.3, 0.4) is 0 Å². The molecule has 108 valence electrons. The third kappa shape index (κ3) is 3.04. The van der Waals surface area contributed by atoms with Crippen molar-refractivity contribution in [3.05, 3.63) is 52.9 Å². The molecule has 1 heterocycles. The van der Waals surface area contributed by atoms with Crippen molar-refractivity contribution < 1.29 is 12.8 Å². The van der Waals surface area contributed by atoms with E-state index in [1.54, 1.807) is 24.3 Å². The highest BCUT2D eigenvalue weighted by Gasteiger charge is 2.24. The topological polar surface area (TPSA) is 76.5 Å². The molecular weight excluding hydrogens is 300 g/mol. The number of benzene rings is 1. The van der Waals surface area contributed by atoms with Crippen molar-refractivity contribution in [3.63, 3.8) is 0 Å². The van der Waals surface area contributed by atoms with Gasteiger partial charge in [0.05, 0.1) is 17.8 Å². The van der Waals surface area contributed by atoms with E-state index < -0.39 is 10.0 Å². The Bertz CT molecular complexity index is 684. The monoisotopic (exact) mass is 314 g/mol. The zero-order valence-electron chi connectivity index (χ0n) is 10.9. The summed E-state index contributed by atoms with van der Waals surface area (Å²) in [5.74, 6) is 0.561. The molecule has 0 atom stereocenters. The maximum Gasteiger partial charge on any atom is 0.244 e. The van der Waals surface area contributed by atoms with Crippen LogP contribution >= 0.6 is 11.6 Å². The zero-order chi connectivity index (χ0) is 14.8. The SMILES string of the molecule is CN(Cc1ccco1)S(=O)(=O)c1ccc(CN)cc1Cl. The molecule has 0 aliphatic heterocycles. The first-order valence-electron chi connectivity index (χ1n) is 5.92. The summed E-state index contributed by atoms with van der Waals surface area (Å²) in [5.41, 5.74) is 6.28. The number of hydrogen-bond donors (Lipinski definition) is 1. The van der Waals surface area contributed by atoms with Gasteiger partial charge in [0.25, 0.3) is 0 Å². The summed E-state index contributed by atoms with van der Waals surface area (Å²) in [6.45, 7) is 0.451. The van der Waals surface area contributed by atoms with Gasteiger partial charge in [0.2, 0.25) is 10.0 Å². The summed E-state index contributed by atoms with van der Waals surface area (Å²) in [7, 11) is -2.19. The molecule has 5 nitrogen and oxygen atoms in total. The second kappa shape index (κ2) is 5.97. The number of furan rings is 1. The Morgan fingerprint density at radius 1 is 1.35 bits per heavy atom. The van der Waals surface area contributed by atoms with Crippen LogP contribution in [0.25, 0.3) is 0 Å². The standard InChI is InChI=1S/C13H15ClN2O3S/c1-16(9-11-3-2-6-19-11)20(17,18)13-5-4-10(8-15)7-12(13)14/h2-7H,8-9,15H2,1H3. The molecule has 20 heavy (non-hydrogen) atoms. The number of nitrogens with zero attached hydrogens (tertiary/aromatic N) is 1. The predicted octanol–water partition coefficient (Wildman–Crippen LogP) is 2.21. The van der Waals surface area contributed by atoms with Gasteiger partial charge in [-0.15, -0.1) is 0 Å². The lowest BCUT2D eigenvalue weighted by Crippen LogP contribution is -2.26. The van der Waals surface area contributed by atoms with E-state index in [9.17, 15) is 8.42 Å². The van der Waals surface area contributed by atoms with Crippen LogP contribution in [0, 0.1) is 0 Å². The van der Waals surface area contributed by atoms with Crippen molar-refractivity contribution in [1.29, 1.82) is 0 Å². The van der Waals surface area contributed by atoms with Crippen molar-refractivity contribution in [3.8, 4) is 0 Å². The summed E-state index contributed by atoms with van der Waals surface area (Å²) >= 11 is 6.03. The smallest absolute Gasteiger partial charge is 0.244 e. The van der Waals surface area contributed by atoms with Crippen molar-refractivity contribution in [2.75, 3.05) is 7.05 Å². The van der Waals surface area contributed by atoms with E-state index >= 15 is 0 Å². The van der Waals surface area contributed by atoms with Gasteiger partial charge in [0.1, 0.15) is 10.7 Å². The molecule has 0 saturated carbocycles. The van der Waals surface area contributed by atoms with Crippen LogP contribution in [0.5, 0.6) is 0 Å². The molecule has 7 heteroatoms. The molecular formula is C13H15ClN2O3S. The van der Waals surface area contributed by atoms with E-state index in [1.807, 2.05) is 0 Å². The first-order valence-corrected chi connectivity index (χ1v) is 7.74. The summed E-state index contributed by atoms with van der Waals surface area (Å²) < 4.78 is 31.2. The van der Waals surface area contributed by atoms with Gasteiger partial charge in [-0.25, -0.2) is 8.42 Å². The van der Waals surface area contributed by atoms with E-state index in [0.29, 0.717) is 12.3 Å². The number of halogens is 1. The Morgan fingerprint density at radius 2 is 2.10 bits per heavy atom. The second-order valence-corrected chi connectivity index (χ2v) is 6.73. The Balaban J connectivity index is 2.30. The Morgan fingerprint density at radius 3 is 2.65 bits per heavy atom. The first-order chi connectivity index (χ1) is 9.45. The van der Waals surface area contributed by atoms with Crippen LogP contribution in [-0.2, 0) is 23.1 Å². The van der Waals surface area contributed by atoms with Gasteiger partial charge in [0.15, 0.2) is 0 Å². The molecule has 0 bridgehead atoms. The van der Waals surface area contributed by atoms with E-state index in [0.717, 1.165) is 5.56 Å². The molecule has 0 saturated heterocycles. The van der Waals surface area contributed by atoms with E-state index in [-0.39, 0.29) is 16.5 Å². The van der Waals surface area contributed by atoms with E-state index in [1.165, 1.54) is 23.7 Å². The quantitative estimate of drug-likeness (QED) is 0.918. The van der Waals surface area contributed by atoms with Crippen molar-refractivity contribution in [1.82, 2.24) is 4.31 Å². The van der Waals surface area contributed by atoms with Crippen LogP contribution in [0.2, 0.25) is 5.02 Å². The fraction of sp³-hybridized carbons (Fsp3) is 0.231. The number of sulfonamides is 1. The van der Waals surface area contributed by atoms with Crippen LogP contribution in [0.4, 0.5) is 0 Å². The minimum Gasteiger partial charge on any atom is -0.468 e. The normalized spacial score (nSPS) is 12.0. The third-order valence-corrected chi connectivity index (χ3v) is 5.17. The van der Waals surface area contributed by atoms with Gasteiger partial charge in [-0.1, -0.05) is 17.7 Å². The molecule has 0 unspecified atom stereocenters. The summed E-state index contributed by atoms with van der Waals surface area (Å²) in [6.07, 6.45) is 1.50. The van der Waals surface area contributed by atoms with E-state index in [4.69, 9.17) is 21.8 Å². The Hall–Kier alpha value is -1.34. The Labute approximate surface area is 123 Å². The van der Waals surface area contributed by atoms with Gasteiger partial charge in [-0.05, 0) is 29.8 Å². The van der Waals surface area contributed by atoms with E-state index in [2.05, 4.69) is 0 Å². The number of nitrogens with two attached hydrogens (primary N) is 1. The van der Waals surface area contributed by atoms with Gasteiger partial charge in [-0.3, -0.25) is 0 Å². The van der Waals surface area contributed by atoms with Crippen LogP contribution < -0.4 is 5.73 Å². The van der Waals surface area contributed by atoms with Gasteiger partial charge in [-0.2, -0.15) is 4.31 Å². The Kier molecular flexibility index (Phi) is 4.49. The molecule has 0 aliphatic rings. The molecule has 1 aromatic heterocycles. The third-order valence-electron chi connectivity index (χ3n) is 2.88. The molecule has 0 spiro atoms. The maximum atomic E-state index is 12.4. The molecule has 0 aliphatic carbocycles. The predicted molar refractivity (Wildman–Crippen MR) is 76.7 cm³/mol. The van der Waals surface area contributed by atoms with Gasteiger partial charge < -0.3 is 10.2 Å². The van der Waals surface area contributed by atoms with Crippen molar-refractivity contribution in [2.24, 2.45) is 5.73 Å². The summed E-state index contributed by atoms with van der Waals surface area (Å²) in [4.78, 5) is 0.0606. The molecule has 0 fully saturated rings. The molecule has 1 aromatic carbocycles. The second-order valence-electron chi connectivity index (χ2n) is 4.31. The lowest BCUT2D eigenvalue weighted by atomic mass is 10.2. The average Bonchev–Trinajstić information content (AvgIpc) is 2.91. The fourth-order valence-corrected chi connectivity index (χ4v) is 3.43. The molecule has 2 aromatic rings. The summed E-state index contributed by atoms with van der Waals surface area (Å²) in [6, 6.07) is 8.11. The average molecular weight is 315 g/mol. The molecule has 0 amide bonds. The molecule has 0 radical (unpaired) electrons. The van der Waals surface area contributed by atoms with Crippen molar-refractivity contribution in [2.45, 2.75) is 18.0 Å². The van der Waals surface area contributed by atoms with Gasteiger partial charge in [0, 0.05) is 13.6 Å². The summed E-state index contributed by atoms with van der Waals surface area (Å²) in [5, 5.41) is 0.166. The fourth-order valence-electron chi connectivity index (χ4n) is 1.76. The molecule has 2 N–H and O–H groups in total. The van der Waals surface area contributed by atoms with Gasteiger partial charge >= 0.3 is 0 Å². The lowest BCUT2D eigenvalue weighted by Gasteiger charge is -2.17. The van der Waals surface area contributed by atoms with Crippen LogP contribution in [-0.4, -0.2) is 19.8 Å². The molecule has 2 rings (SSSR count). The highest BCUT2D eigenvalue weighted by atomic mass is 35.5.